The van der Waals surface area contributed by atoms with Crippen LogP contribution in [0, 0.1) is 0 Å². The Morgan fingerprint density at radius 1 is 1.09 bits per heavy atom. The summed E-state index contributed by atoms with van der Waals surface area (Å²) in [5.41, 5.74) is -0.461. The Morgan fingerprint density at radius 2 is 1.74 bits per heavy atom. The predicted octanol–water partition coefficient (Wildman–Crippen LogP) is 1.65. The van der Waals surface area contributed by atoms with E-state index >= 15 is 0 Å². The zero-order valence-corrected chi connectivity index (χ0v) is 13.2. The van der Waals surface area contributed by atoms with Crippen LogP contribution in [0.2, 0.25) is 0 Å². The summed E-state index contributed by atoms with van der Waals surface area (Å²) in [5.74, 6) is -0.158. The third-order valence-electron chi connectivity index (χ3n) is 4.50. The Balaban J connectivity index is 2.00. The lowest BCUT2D eigenvalue weighted by Gasteiger charge is -2.24. The highest BCUT2D eigenvalue weighted by atomic mass is 16.2. The van der Waals surface area contributed by atoms with Crippen LogP contribution in [-0.2, 0) is 4.79 Å². The highest BCUT2D eigenvalue weighted by Gasteiger charge is 2.25. The fourth-order valence-electron chi connectivity index (χ4n) is 3.19. The zero-order valence-electron chi connectivity index (χ0n) is 13.2. The molecule has 1 aromatic heterocycles. The fourth-order valence-corrected chi connectivity index (χ4v) is 3.19. The van der Waals surface area contributed by atoms with Gasteiger partial charge in [0.15, 0.2) is 0 Å². The maximum Gasteiger partial charge on any atom is 0.329 e. The number of nitrogens with one attached hydrogen (secondary N) is 1. The lowest BCUT2D eigenvalue weighted by molar-refractivity contribution is -0.134. The molecule has 1 aliphatic rings. The summed E-state index contributed by atoms with van der Waals surface area (Å²) in [4.78, 5) is 42.1. The van der Waals surface area contributed by atoms with E-state index in [-0.39, 0.29) is 5.91 Å². The molecule has 0 bridgehead atoms. The number of benzene rings is 1. The minimum Gasteiger partial charge on any atom is -0.341 e. The molecule has 3 rings (SSSR count). The Morgan fingerprint density at radius 3 is 2.43 bits per heavy atom. The Hall–Kier alpha value is -2.37. The maximum absolute atomic E-state index is 12.7. The van der Waals surface area contributed by atoms with Crippen LogP contribution in [0.4, 0.5) is 0 Å². The van der Waals surface area contributed by atoms with Gasteiger partial charge in [-0.3, -0.25) is 9.59 Å². The third-order valence-corrected chi connectivity index (χ3v) is 4.50. The Labute approximate surface area is 133 Å². The molecule has 122 valence electrons. The van der Waals surface area contributed by atoms with Crippen LogP contribution in [0.25, 0.3) is 10.9 Å². The van der Waals surface area contributed by atoms with Crippen molar-refractivity contribution in [3.8, 4) is 0 Å². The van der Waals surface area contributed by atoms with Crippen molar-refractivity contribution >= 4 is 16.8 Å². The average Bonchev–Trinajstić information content (AvgIpc) is 2.83. The molecule has 0 radical (unpaired) electrons. The molecular weight excluding hydrogens is 294 g/mol. The largest absolute Gasteiger partial charge is 0.341 e. The number of nitrogens with zero attached hydrogens (tertiary/aromatic N) is 2. The number of H-pyrrole nitrogens is 1. The van der Waals surface area contributed by atoms with Crippen molar-refractivity contribution in [2.45, 2.75) is 38.6 Å². The molecule has 2 heterocycles. The van der Waals surface area contributed by atoms with Crippen molar-refractivity contribution in [2.24, 2.45) is 0 Å². The molecule has 1 aliphatic heterocycles. The number of carbonyl (C=O) groups is 1. The molecule has 1 unspecified atom stereocenters. The molecule has 1 aromatic carbocycles. The molecule has 1 saturated heterocycles. The van der Waals surface area contributed by atoms with Gasteiger partial charge in [0.25, 0.3) is 5.56 Å². The lowest BCUT2D eigenvalue weighted by Crippen LogP contribution is -2.45. The van der Waals surface area contributed by atoms with Gasteiger partial charge < -0.3 is 9.88 Å². The molecule has 23 heavy (non-hydrogen) atoms. The van der Waals surface area contributed by atoms with Gasteiger partial charge in [0.05, 0.1) is 10.9 Å². The van der Waals surface area contributed by atoms with E-state index in [9.17, 15) is 14.4 Å². The van der Waals surface area contributed by atoms with Crippen LogP contribution >= 0.6 is 0 Å². The van der Waals surface area contributed by atoms with Gasteiger partial charge in [-0.1, -0.05) is 25.0 Å². The van der Waals surface area contributed by atoms with Gasteiger partial charge in [-0.05, 0) is 31.9 Å². The van der Waals surface area contributed by atoms with E-state index in [0.717, 1.165) is 30.3 Å². The van der Waals surface area contributed by atoms with E-state index in [2.05, 4.69) is 4.98 Å². The summed E-state index contributed by atoms with van der Waals surface area (Å²) in [6.45, 7) is 3.02. The minimum absolute atomic E-state index is 0.158. The number of aromatic nitrogens is 2. The van der Waals surface area contributed by atoms with Crippen LogP contribution in [0.1, 0.15) is 38.6 Å². The van der Waals surface area contributed by atoms with Gasteiger partial charge in [0.1, 0.15) is 6.04 Å². The number of likely N-dealkylation sites (tertiary alicyclic amines) is 1. The quantitative estimate of drug-likeness (QED) is 0.915. The highest BCUT2D eigenvalue weighted by molar-refractivity contribution is 5.81. The molecule has 6 heteroatoms. The number of amides is 1. The summed E-state index contributed by atoms with van der Waals surface area (Å²) >= 11 is 0. The van der Waals surface area contributed by atoms with Crippen molar-refractivity contribution in [2.75, 3.05) is 13.1 Å². The third kappa shape index (κ3) is 2.93. The van der Waals surface area contributed by atoms with Crippen LogP contribution in [0.5, 0.6) is 0 Å². The van der Waals surface area contributed by atoms with Crippen molar-refractivity contribution in [3.63, 3.8) is 0 Å². The van der Waals surface area contributed by atoms with E-state index in [4.69, 9.17) is 0 Å². The van der Waals surface area contributed by atoms with Crippen molar-refractivity contribution in [1.29, 1.82) is 0 Å². The number of rotatable bonds is 2. The van der Waals surface area contributed by atoms with Gasteiger partial charge >= 0.3 is 5.69 Å². The molecule has 1 amide bonds. The summed E-state index contributed by atoms with van der Waals surface area (Å²) in [7, 11) is 0. The van der Waals surface area contributed by atoms with Crippen molar-refractivity contribution < 1.29 is 4.79 Å². The van der Waals surface area contributed by atoms with Crippen LogP contribution < -0.4 is 11.2 Å². The minimum atomic E-state index is -0.797. The second kappa shape index (κ2) is 6.40. The van der Waals surface area contributed by atoms with Crippen LogP contribution in [0.3, 0.4) is 0 Å². The summed E-state index contributed by atoms with van der Waals surface area (Å²) < 4.78 is 1.04. The first-order valence-electron chi connectivity index (χ1n) is 8.12. The SMILES string of the molecule is CC(C(=O)N1CCCCCC1)n1c(=O)[nH]c2ccccc2c1=O. The molecule has 0 spiro atoms. The van der Waals surface area contributed by atoms with Crippen molar-refractivity contribution in [3.05, 3.63) is 45.1 Å². The molecule has 6 nitrogen and oxygen atoms in total. The van der Waals surface area contributed by atoms with Gasteiger partial charge in [0.2, 0.25) is 5.91 Å². The van der Waals surface area contributed by atoms with E-state index < -0.39 is 17.3 Å². The lowest BCUT2D eigenvalue weighted by atomic mass is 10.2. The molecule has 0 saturated carbocycles. The first kappa shape index (κ1) is 15.5. The number of hydrogen-bond donors (Lipinski definition) is 1. The fraction of sp³-hybridized carbons (Fsp3) is 0.471. The number of fused-ring (bicyclic) bond motifs is 1. The molecule has 1 atom stereocenters. The molecule has 0 aliphatic carbocycles. The monoisotopic (exact) mass is 315 g/mol. The van der Waals surface area contributed by atoms with Crippen LogP contribution in [-0.4, -0.2) is 33.4 Å². The average molecular weight is 315 g/mol. The topological polar surface area (TPSA) is 75.2 Å². The van der Waals surface area contributed by atoms with Crippen LogP contribution in [0.15, 0.2) is 33.9 Å². The van der Waals surface area contributed by atoms with E-state index in [1.165, 1.54) is 0 Å². The molecule has 2 aromatic rings. The van der Waals surface area contributed by atoms with Gasteiger partial charge in [-0.25, -0.2) is 9.36 Å². The smallest absolute Gasteiger partial charge is 0.329 e. The number of para-hydroxylation sites is 1. The van der Waals surface area contributed by atoms with E-state index in [0.29, 0.717) is 24.0 Å². The predicted molar refractivity (Wildman–Crippen MR) is 88.6 cm³/mol. The van der Waals surface area contributed by atoms with E-state index in [1.807, 2.05) is 0 Å². The zero-order chi connectivity index (χ0) is 16.4. The van der Waals surface area contributed by atoms with Gasteiger partial charge in [-0.15, -0.1) is 0 Å². The number of hydrogen-bond acceptors (Lipinski definition) is 3. The number of carbonyl (C=O) groups excluding carboxylic acids is 1. The second-order valence-electron chi connectivity index (χ2n) is 6.07. The maximum atomic E-state index is 12.7. The number of aromatic amines is 1. The van der Waals surface area contributed by atoms with Gasteiger partial charge in [0, 0.05) is 13.1 Å². The first-order chi connectivity index (χ1) is 11.1. The summed E-state index contributed by atoms with van der Waals surface area (Å²) in [6, 6.07) is 6.05. The van der Waals surface area contributed by atoms with E-state index in [1.54, 1.807) is 36.1 Å². The standard InChI is InChI=1S/C17H21N3O3/c1-12(15(21)19-10-6-2-3-7-11-19)20-16(22)13-8-4-5-9-14(13)18-17(20)23/h4-5,8-9,12H,2-3,6-7,10-11H2,1H3,(H,18,23). The first-order valence-corrected chi connectivity index (χ1v) is 8.12. The Bertz CT molecular complexity index is 829. The second-order valence-corrected chi connectivity index (χ2v) is 6.07. The molecular formula is C17H21N3O3. The normalized spacial score (nSPS) is 17.0. The summed E-state index contributed by atoms with van der Waals surface area (Å²) in [5, 5.41) is 0.419. The van der Waals surface area contributed by atoms with Gasteiger partial charge in [-0.2, -0.15) is 0 Å². The van der Waals surface area contributed by atoms with Crippen molar-refractivity contribution in [1.82, 2.24) is 14.5 Å². The highest BCUT2D eigenvalue weighted by Crippen LogP contribution is 2.14. The molecule has 1 N–H and O–H groups in total. The Kier molecular flexibility index (Phi) is 4.32. The summed E-state index contributed by atoms with van der Waals surface area (Å²) in [6.07, 6.45) is 4.19. The molecule has 1 fully saturated rings.